The predicted octanol–water partition coefficient (Wildman–Crippen LogP) is 4.23. The Morgan fingerprint density at radius 2 is 1.93 bits per heavy atom. The van der Waals surface area contributed by atoms with Gasteiger partial charge in [-0.2, -0.15) is 0 Å². The number of carbonyl (C=O) groups excluding carboxylic acids is 1. The van der Waals surface area contributed by atoms with Gasteiger partial charge in [0.2, 0.25) is 5.91 Å². The number of thiazole rings is 1. The Morgan fingerprint density at radius 3 is 2.61 bits per heavy atom. The molecule has 3 aromatic rings. The summed E-state index contributed by atoms with van der Waals surface area (Å²) < 4.78 is 40.6. The summed E-state index contributed by atoms with van der Waals surface area (Å²) in [6.45, 7) is 1.63. The number of nitrogens with one attached hydrogen (secondary N) is 2. The fourth-order valence-corrected chi connectivity index (χ4v) is 4.35. The maximum atomic E-state index is 13.5. The molecule has 0 bridgehead atoms. The summed E-state index contributed by atoms with van der Waals surface area (Å²) in [4.78, 5) is 16.3. The van der Waals surface area contributed by atoms with E-state index in [4.69, 9.17) is 11.6 Å². The first-order valence-electron chi connectivity index (χ1n) is 8.02. The highest BCUT2D eigenvalue weighted by molar-refractivity contribution is 7.93. The number of hydrogen-bond donors (Lipinski definition) is 2. The van der Waals surface area contributed by atoms with Crippen LogP contribution in [0.1, 0.15) is 11.3 Å². The molecule has 146 valence electrons. The van der Waals surface area contributed by atoms with Gasteiger partial charge in [0.15, 0.2) is 5.13 Å². The number of sulfonamides is 1. The smallest absolute Gasteiger partial charge is 0.263 e. The first-order chi connectivity index (χ1) is 13.2. The highest BCUT2D eigenvalue weighted by Crippen LogP contribution is 2.22. The van der Waals surface area contributed by atoms with Crippen molar-refractivity contribution in [3.05, 3.63) is 69.9 Å². The predicted molar refractivity (Wildman–Crippen MR) is 108 cm³/mol. The van der Waals surface area contributed by atoms with E-state index < -0.39 is 15.8 Å². The summed E-state index contributed by atoms with van der Waals surface area (Å²) in [6, 6.07) is 10.1. The molecule has 0 radical (unpaired) electrons. The van der Waals surface area contributed by atoms with Crippen LogP contribution in [0.3, 0.4) is 0 Å². The highest BCUT2D eigenvalue weighted by atomic mass is 35.5. The molecule has 2 N–H and O–H groups in total. The van der Waals surface area contributed by atoms with E-state index in [1.807, 2.05) is 0 Å². The van der Waals surface area contributed by atoms with Crippen LogP contribution in [0.2, 0.25) is 5.02 Å². The van der Waals surface area contributed by atoms with E-state index in [2.05, 4.69) is 15.0 Å². The van der Waals surface area contributed by atoms with Gasteiger partial charge in [-0.05, 0) is 48.9 Å². The Labute approximate surface area is 170 Å². The van der Waals surface area contributed by atoms with Gasteiger partial charge in [0.25, 0.3) is 10.0 Å². The van der Waals surface area contributed by atoms with Crippen LogP contribution in [0, 0.1) is 12.7 Å². The number of rotatable bonds is 6. The van der Waals surface area contributed by atoms with Crippen LogP contribution in [-0.2, 0) is 21.2 Å². The van der Waals surface area contributed by atoms with Crippen LogP contribution in [0.4, 0.5) is 15.2 Å². The second kappa shape index (κ2) is 8.26. The Morgan fingerprint density at radius 1 is 1.21 bits per heavy atom. The van der Waals surface area contributed by atoms with E-state index in [0.29, 0.717) is 22.0 Å². The van der Waals surface area contributed by atoms with E-state index in [1.54, 1.807) is 24.4 Å². The monoisotopic (exact) mass is 439 g/mol. The third kappa shape index (κ3) is 5.06. The molecule has 10 heteroatoms. The number of amides is 1. The van der Waals surface area contributed by atoms with E-state index >= 15 is 0 Å². The Kier molecular flexibility index (Phi) is 5.97. The SMILES string of the molecule is Cc1ccc(NC(=O)Cc2csc(NS(=O)(=O)c3ccc(Cl)cc3)n2)cc1F. The van der Waals surface area contributed by atoms with Crippen molar-refractivity contribution in [1.29, 1.82) is 0 Å². The lowest BCUT2D eigenvalue weighted by atomic mass is 10.2. The zero-order valence-electron chi connectivity index (χ0n) is 14.6. The summed E-state index contributed by atoms with van der Waals surface area (Å²) in [5.74, 6) is -0.800. The van der Waals surface area contributed by atoms with Crippen molar-refractivity contribution in [2.45, 2.75) is 18.2 Å². The van der Waals surface area contributed by atoms with E-state index in [1.165, 1.54) is 30.3 Å². The van der Waals surface area contributed by atoms with Crippen molar-refractivity contribution >= 4 is 49.7 Å². The molecule has 0 saturated carbocycles. The van der Waals surface area contributed by atoms with Gasteiger partial charge < -0.3 is 5.32 Å². The van der Waals surface area contributed by atoms with Crippen molar-refractivity contribution in [3.8, 4) is 0 Å². The number of hydrogen-bond acceptors (Lipinski definition) is 5. The molecular weight excluding hydrogens is 425 g/mol. The number of anilines is 2. The molecule has 0 unspecified atom stereocenters. The summed E-state index contributed by atoms with van der Waals surface area (Å²) >= 11 is 6.82. The summed E-state index contributed by atoms with van der Waals surface area (Å²) in [5, 5.41) is 4.72. The number of nitrogens with zero attached hydrogens (tertiary/aromatic N) is 1. The van der Waals surface area contributed by atoms with Gasteiger partial charge in [0, 0.05) is 16.1 Å². The largest absolute Gasteiger partial charge is 0.326 e. The zero-order chi connectivity index (χ0) is 20.3. The molecule has 0 atom stereocenters. The second-order valence-electron chi connectivity index (χ2n) is 5.89. The number of benzene rings is 2. The van der Waals surface area contributed by atoms with E-state index in [0.717, 1.165) is 11.3 Å². The Bertz CT molecular complexity index is 1120. The Hall–Kier alpha value is -2.49. The van der Waals surface area contributed by atoms with Gasteiger partial charge in [-0.15, -0.1) is 11.3 Å². The van der Waals surface area contributed by atoms with Crippen LogP contribution < -0.4 is 10.0 Å². The third-order valence-corrected chi connectivity index (χ3v) is 6.24. The third-order valence-electron chi connectivity index (χ3n) is 3.69. The lowest BCUT2D eigenvalue weighted by Crippen LogP contribution is -2.15. The fraction of sp³-hybridized carbons (Fsp3) is 0.111. The number of halogens is 2. The second-order valence-corrected chi connectivity index (χ2v) is 8.87. The molecule has 3 rings (SSSR count). The zero-order valence-corrected chi connectivity index (χ0v) is 17.0. The first-order valence-corrected chi connectivity index (χ1v) is 10.8. The van der Waals surface area contributed by atoms with Gasteiger partial charge in [-0.3, -0.25) is 9.52 Å². The van der Waals surface area contributed by atoms with E-state index in [-0.39, 0.29) is 22.4 Å². The molecule has 0 spiro atoms. The molecule has 6 nitrogen and oxygen atoms in total. The summed E-state index contributed by atoms with van der Waals surface area (Å²) in [6.07, 6.45) is -0.0747. The molecule has 2 aromatic carbocycles. The highest BCUT2D eigenvalue weighted by Gasteiger charge is 2.17. The lowest BCUT2D eigenvalue weighted by Gasteiger charge is -2.06. The van der Waals surface area contributed by atoms with Crippen molar-refractivity contribution in [1.82, 2.24) is 4.98 Å². The van der Waals surface area contributed by atoms with Crippen molar-refractivity contribution < 1.29 is 17.6 Å². The molecular formula is C18H15ClFN3O3S2. The summed E-state index contributed by atoms with van der Waals surface area (Å²) in [5.41, 5.74) is 1.21. The van der Waals surface area contributed by atoms with Crippen molar-refractivity contribution in [2.24, 2.45) is 0 Å². The van der Waals surface area contributed by atoms with Crippen LogP contribution in [-0.4, -0.2) is 19.3 Å². The van der Waals surface area contributed by atoms with Crippen LogP contribution in [0.15, 0.2) is 52.7 Å². The minimum atomic E-state index is -3.81. The van der Waals surface area contributed by atoms with Gasteiger partial charge in [-0.25, -0.2) is 17.8 Å². The topological polar surface area (TPSA) is 88.2 Å². The fourth-order valence-electron chi connectivity index (χ4n) is 2.26. The summed E-state index contributed by atoms with van der Waals surface area (Å²) in [7, 11) is -3.81. The minimum Gasteiger partial charge on any atom is -0.326 e. The maximum Gasteiger partial charge on any atom is 0.263 e. The molecule has 0 aliphatic heterocycles. The number of carbonyl (C=O) groups is 1. The average Bonchev–Trinajstić information content (AvgIpc) is 3.04. The van der Waals surface area contributed by atoms with Crippen LogP contribution in [0.25, 0.3) is 0 Å². The minimum absolute atomic E-state index is 0.0489. The molecule has 0 aliphatic carbocycles. The normalized spacial score (nSPS) is 11.2. The van der Waals surface area contributed by atoms with Gasteiger partial charge in [0.1, 0.15) is 5.82 Å². The van der Waals surface area contributed by atoms with Crippen LogP contribution >= 0.6 is 22.9 Å². The Balaban J connectivity index is 1.64. The van der Waals surface area contributed by atoms with Gasteiger partial charge in [-0.1, -0.05) is 17.7 Å². The molecule has 0 aliphatic rings. The standard InChI is InChI=1S/C18H15ClFN3O3S2/c1-11-2-5-13(8-16(11)20)21-17(24)9-14-10-27-18(22-14)23-28(25,26)15-6-3-12(19)4-7-15/h2-8,10H,9H2,1H3,(H,21,24)(H,22,23). The molecule has 1 amide bonds. The molecule has 0 fully saturated rings. The number of aromatic nitrogens is 1. The first kappa shape index (κ1) is 20.2. The van der Waals surface area contributed by atoms with Crippen molar-refractivity contribution in [2.75, 3.05) is 10.0 Å². The quantitative estimate of drug-likeness (QED) is 0.601. The van der Waals surface area contributed by atoms with Gasteiger partial charge >= 0.3 is 0 Å². The molecule has 1 heterocycles. The van der Waals surface area contributed by atoms with Gasteiger partial charge in [0.05, 0.1) is 17.0 Å². The van der Waals surface area contributed by atoms with Crippen LogP contribution in [0.5, 0.6) is 0 Å². The lowest BCUT2D eigenvalue weighted by molar-refractivity contribution is -0.115. The van der Waals surface area contributed by atoms with E-state index in [9.17, 15) is 17.6 Å². The number of aryl methyl sites for hydroxylation is 1. The molecule has 0 saturated heterocycles. The average molecular weight is 440 g/mol. The maximum absolute atomic E-state index is 13.5. The molecule has 28 heavy (non-hydrogen) atoms. The van der Waals surface area contributed by atoms with Crippen molar-refractivity contribution in [3.63, 3.8) is 0 Å². The molecule has 1 aromatic heterocycles.